The first kappa shape index (κ1) is 14.7. The lowest BCUT2D eigenvalue weighted by atomic mass is 9.80. The molecule has 1 atom stereocenters. The number of alkyl carbamates (subject to hydrolysis) is 1. The smallest absolute Gasteiger partial charge is 0.407 e. The molecule has 3 rings (SSSR count). The second-order valence-corrected chi connectivity index (χ2v) is 5.75. The van der Waals surface area contributed by atoms with E-state index in [9.17, 15) is 4.79 Å². The van der Waals surface area contributed by atoms with Crippen LogP contribution >= 0.6 is 12.4 Å². The second kappa shape index (κ2) is 5.33. The molecule has 106 valence electrons. The number of carbonyl (C=O) groups excluding carboxylic acids is 1. The number of fused-ring (bicyclic) bond motifs is 1. The van der Waals surface area contributed by atoms with E-state index in [0.717, 1.165) is 5.56 Å². The predicted molar refractivity (Wildman–Crippen MR) is 82.2 cm³/mol. The van der Waals surface area contributed by atoms with Gasteiger partial charge in [0.05, 0.1) is 6.04 Å². The van der Waals surface area contributed by atoms with Crippen LogP contribution in [0, 0.1) is 5.41 Å². The molecule has 0 unspecified atom stereocenters. The number of rotatable bonds is 1. The van der Waals surface area contributed by atoms with Gasteiger partial charge in [0.1, 0.15) is 6.61 Å². The number of hydrogen-bond donors (Lipinski definition) is 1. The molecule has 0 aliphatic carbocycles. The lowest BCUT2D eigenvalue weighted by Crippen LogP contribution is -2.46. The van der Waals surface area contributed by atoms with Crippen LogP contribution < -0.4 is 5.32 Å². The summed E-state index contributed by atoms with van der Waals surface area (Å²) < 4.78 is 5.08. The molecule has 0 radical (unpaired) electrons. The minimum atomic E-state index is -0.336. The lowest BCUT2D eigenvalue weighted by Gasteiger charge is -2.38. The van der Waals surface area contributed by atoms with Crippen molar-refractivity contribution in [2.45, 2.75) is 19.9 Å². The van der Waals surface area contributed by atoms with Crippen molar-refractivity contribution in [3.8, 4) is 0 Å². The molecule has 0 saturated carbocycles. The third-order valence-corrected chi connectivity index (χ3v) is 3.73. The Morgan fingerprint density at radius 3 is 2.60 bits per heavy atom. The van der Waals surface area contributed by atoms with Crippen molar-refractivity contribution in [1.29, 1.82) is 0 Å². The quantitative estimate of drug-likeness (QED) is 0.860. The summed E-state index contributed by atoms with van der Waals surface area (Å²) in [5, 5.41) is 5.33. The molecule has 1 saturated heterocycles. The highest BCUT2D eigenvalue weighted by Crippen LogP contribution is 2.37. The first-order chi connectivity index (χ1) is 9.06. The molecule has 1 amide bonds. The van der Waals surface area contributed by atoms with Crippen LogP contribution in [0.4, 0.5) is 4.79 Å². The van der Waals surface area contributed by atoms with Gasteiger partial charge in [0.25, 0.3) is 0 Å². The summed E-state index contributed by atoms with van der Waals surface area (Å²) in [4.78, 5) is 11.5. The predicted octanol–water partition coefficient (Wildman–Crippen LogP) is 4.07. The van der Waals surface area contributed by atoms with Crippen molar-refractivity contribution >= 4 is 29.3 Å². The summed E-state index contributed by atoms with van der Waals surface area (Å²) in [5.41, 5.74) is 1.01. The van der Waals surface area contributed by atoms with Crippen molar-refractivity contribution in [1.82, 2.24) is 5.32 Å². The molecule has 2 aromatic carbocycles. The first-order valence-electron chi connectivity index (χ1n) is 6.48. The Labute approximate surface area is 124 Å². The van der Waals surface area contributed by atoms with Gasteiger partial charge in [0, 0.05) is 5.41 Å². The molecule has 1 N–H and O–H groups in total. The summed E-state index contributed by atoms with van der Waals surface area (Å²) in [6.45, 7) is 4.65. The Bertz CT molecular complexity index is 639. The Kier molecular flexibility index (Phi) is 3.91. The second-order valence-electron chi connectivity index (χ2n) is 5.75. The molecule has 1 fully saturated rings. The maximum atomic E-state index is 11.5. The molecule has 1 aliphatic rings. The Balaban J connectivity index is 0.00000147. The van der Waals surface area contributed by atoms with Gasteiger partial charge in [-0.15, -0.1) is 12.4 Å². The van der Waals surface area contributed by atoms with Crippen LogP contribution in [0.2, 0.25) is 0 Å². The average Bonchev–Trinajstić information content (AvgIpc) is 2.41. The van der Waals surface area contributed by atoms with E-state index < -0.39 is 0 Å². The topological polar surface area (TPSA) is 38.3 Å². The maximum absolute atomic E-state index is 11.5. The number of halogens is 1. The van der Waals surface area contributed by atoms with Gasteiger partial charge in [0.2, 0.25) is 0 Å². The highest BCUT2D eigenvalue weighted by Gasteiger charge is 2.37. The highest BCUT2D eigenvalue weighted by atomic mass is 35.5. The SMILES string of the molecule is CC1(C)COC(=O)N[C@@H]1c1ccc2ccccc2c1.Cl. The zero-order valence-corrected chi connectivity index (χ0v) is 12.4. The summed E-state index contributed by atoms with van der Waals surface area (Å²) in [6.07, 6.45) is -0.336. The molecule has 3 nitrogen and oxygen atoms in total. The normalized spacial score (nSPS) is 20.7. The van der Waals surface area contributed by atoms with Gasteiger partial charge in [0.15, 0.2) is 0 Å². The standard InChI is InChI=1S/C16H17NO2.ClH/c1-16(2)10-19-15(18)17-14(16)13-8-7-11-5-3-4-6-12(11)9-13;/h3-9,14H,10H2,1-2H3,(H,17,18);1H/t14-;/m1./s1. The number of cyclic esters (lactones) is 1. The van der Waals surface area contributed by atoms with E-state index >= 15 is 0 Å². The van der Waals surface area contributed by atoms with Crippen molar-refractivity contribution in [3.05, 3.63) is 48.0 Å². The molecule has 0 bridgehead atoms. The monoisotopic (exact) mass is 291 g/mol. The van der Waals surface area contributed by atoms with Gasteiger partial charge >= 0.3 is 6.09 Å². The van der Waals surface area contributed by atoms with Crippen molar-refractivity contribution in [3.63, 3.8) is 0 Å². The van der Waals surface area contributed by atoms with Gasteiger partial charge in [-0.25, -0.2) is 4.79 Å². The van der Waals surface area contributed by atoms with E-state index in [4.69, 9.17) is 4.74 Å². The Hall–Kier alpha value is -1.74. The van der Waals surface area contributed by atoms with Gasteiger partial charge in [-0.2, -0.15) is 0 Å². The number of benzene rings is 2. The zero-order chi connectivity index (χ0) is 13.5. The van der Waals surface area contributed by atoms with Crippen LogP contribution in [0.15, 0.2) is 42.5 Å². The van der Waals surface area contributed by atoms with Gasteiger partial charge in [-0.05, 0) is 22.4 Å². The van der Waals surface area contributed by atoms with Gasteiger partial charge in [-0.3, -0.25) is 0 Å². The molecule has 1 aliphatic heterocycles. The molecule has 4 heteroatoms. The minimum absolute atomic E-state index is 0. The van der Waals surface area contributed by atoms with Crippen molar-refractivity contribution in [2.24, 2.45) is 5.41 Å². The molecular weight excluding hydrogens is 274 g/mol. The van der Waals surface area contributed by atoms with E-state index in [1.807, 2.05) is 12.1 Å². The van der Waals surface area contributed by atoms with E-state index in [2.05, 4.69) is 49.5 Å². The fourth-order valence-corrected chi connectivity index (χ4v) is 2.61. The highest BCUT2D eigenvalue weighted by molar-refractivity contribution is 5.85. The molecule has 1 heterocycles. The van der Waals surface area contributed by atoms with E-state index in [-0.39, 0.29) is 30.0 Å². The minimum Gasteiger partial charge on any atom is -0.449 e. The molecule has 20 heavy (non-hydrogen) atoms. The lowest BCUT2D eigenvalue weighted by molar-refractivity contribution is 0.0388. The molecule has 0 aromatic heterocycles. The summed E-state index contributed by atoms with van der Waals surface area (Å²) in [7, 11) is 0. The number of amides is 1. The van der Waals surface area contributed by atoms with Crippen LogP contribution in [0.25, 0.3) is 10.8 Å². The third kappa shape index (κ3) is 2.59. The maximum Gasteiger partial charge on any atom is 0.407 e. The summed E-state index contributed by atoms with van der Waals surface area (Å²) >= 11 is 0. The van der Waals surface area contributed by atoms with Crippen LogP contribution in [-0.2, 0) is 4.74 Å². The fourth-order valence-electron chi connectivity index (χ4n) is 2.61. The Morgan fingerprint density at radius 2 is 1.85 bits per heavy atom. The Morgan fingerprint density at radius 1 is 1.15 bits per heavy atom. The van der Waals surface area contributed by atoms with Crippen LogP contribution in [0.1, 0.15) is 25.5 Å². The summed E-state index contributed by atoms with van der Waals surface area (Å²) in [5.74, 6) is 0. The first-order valence-corrected chi connectivity index (χ1v) is 6.48. The van der Waals surface area contributed by atoms with Crippen molar-refractivity contribution < 1.29 is 9.53 Å². The van der Waals surface area contributed by atoms with Crippen molar-refractivity contribution in [2.75, 3.05) is 6.61 Å². The number of ether oxygens (including phenoxy) is 1. The van der Waals surface area contributed by atoms with E-state index in [1.165, 1.54) is 10.8 Å². The zero-order valence-electron chi connectivity index (χ0n) is 11.6. The number of hydrogen-bond acceptors (Lipinski definition) is 2. The van der Waals surface area contributed by atoms with Gasteiger partial charge < -0.3 is 10.1 Å². The van der Waals surface area contributed by atoms with E-state index in [1.54, 1.807) is 0 Å². The third-order valence-electron chi connectivity index (χ3n) is 3.73. The molecular formula is C16H18ClNO2. The molecule has 2 aromatic rings. The number of nitrogens with one attached hydrogen (secondary N) is 1. The van der Waals surface area contributed by atoms with E-state index in [0.29, 0.717) is 6.61 Å². The number of carbonyl (C=O) groups is 1. The average molecular weight is 292 g/mol. The fraction of sp³-hybridized carbons (Fsp3) is 0.312. The largest absolute Gasteiger partial charge is 0.449 e. The molecule has 0 spiro atoms. The van der Waals surface area contributed by atoms with Crippen LogP contribution in [-0.4, -0.2) is 12.7 Å². The summed E-state index contributed by atoms with van der Waals surface area (Å²) in [6, 6.07) is 14.6. The van der Waals surface area contributed by atoms with Crippen LogP contribution in [0.5, 0.6) is 0 Å². The van der Waals surface area contributed by atoms with Gasteiger partial charge in [-0.1, -0.05) is 50.2 Å². The van der Waals surface area contributed by atoms with Crippen LogP contribution in [0.3, 0.4) is 0 Å².